The van der Waals surface area contributed by atoms with Gasteiger partial charge in [-0.2, -0.15) is 0 Å². The van der Waals surface area contributed by atoms with Crippen molar-refractivity contribution in [1.82, 2.24) is 5.32 Å². The second-order valence-corrected chi connectivity index (χ2v) is 5.14. The molecule has 0 saturated carbocycles. The van der Waals surface area contributed by atoms with Crippen molar-refractivity contribution in [3.63, 3.8) is 0 Å². The standard InChI is InChI=1S/C17H27NO2/c1-5-15-12-13(3)9-10-16(15)14(4)18-11-7-8-17(19)20-6-2/h9-10,12,14,18H,5-8,11H2,1-4H3. The summed E-state index contributed by atoms with van der Waals surface area (Å²) in [5.41, 5.74) is 4.06. The van der Waals surface area contributed by atoms with Gasteiger partial charge in [0.05, 0.1) is 6.61 Å². The monoisotopic (exact) mass is 277 g/mol. The summed E-state index contributed by atoms with van der Waals surface area (Å²) in [4.78, 5) is 11.2. The van der Waals surface area contributed by atoms with Crippen LogP contribution in [0.4, 0.5) is 0 Å². The maximum Gasteiger partial charge on any atom is 0.305 e. The van der Waals surface area contributed by atoms with Crippen molar-refractivity contribution in [2.45, 2.75) is 53.0 Å². The van der Waals surface area contributed by atoms with E-state index in [4.69, 9.17) is 4.74 Å². The topological polar surface area (TPSA) is 38.3 Å². The number of rotatable bonds is 8. The Kier molecular flexibility index (Phi) is 7.31. The number of esters is 1. The van der Waals surface area contributed by atoms with E-state index in [0.29, 0.717) is 19.1 Å². The van der Waals surface area contributed by atoms with E-state index >= 15 is 0 Å². The number of nitrogens with one attached hydrogen (secondary N) is 1. The molecule has 0 heterocycles. The Bertz CT molecular complexity index is 429. The molecule has 0 spiro atoms. The van der Waals surface area contributed by atoms with Gasteiger partial charge in [0.1, 0.15) is 0 Å². The molecule has 1 rings (SSSR count). The van der Waals surface area contributed by atoms with Crippen LogP contribution >= 0.6 is 0 Å². The maximum absolute atomic E-state index is 11.2. The quantitative estimate of drug-likeness (QED) is 0.583. The fourth-order valence-corrected chi connectivity index (χ4v) is 2.36. The molecule has 112 valence electrons. The summed E-state index contributed by atoms with van der Waals surface area (Å²) in [7, 11) is 0. The van der Waals surface area contributed by atoms with E-state index in [2.05, 4.69) is 44.3 Å². The van der Waals surface area contributed by atoms with E-state index in [1.54, 1.807) is 0 Å². The largest absolute Gasteiger partial charge is 0.466 e. The molecule has 1 aromatic rings. The Morgan fingerprint density at radius 1 is 1.35 bits per heavy atom. The first kappa shape index (κ1) is 16.7. The minimum atomic E-state index is -0.105. The lowest BCUT2D eigenvalue weighted by atomic mass is 9.97. The van der Waals surface area contributed by atoms with Gasteiger partial charge < -0.3 is 10.1 Å². The minimum absolute atomic E-state index is 0.105. The maximum atomic E-state index is 11.2. The lowest BCUT2D eigenvalue weighted by Crippen LogP contribution is -2.21. The summed E-state index contributed by atoms with van der Waals surface area (Å²) >= 11 is 0. The molecule has 1 atom stereocenters. The molecular weight excluding hydrogens is 250 g/mol. The molecule has 0 saturated heterocycles. The first-order valence-electron chi connectivity index (χ1n) is 7.56. The van der Waals surface area contributed by atoms with E-state index in [0.717, 1.165) is 19.4 Å². The summed E-state index contributed by atoms with van der Waals surface area (Å²) in [5.74, 6) is -0.105. The van der Waals surface area contributed by atoms with Gasteiger partial charge in [-0.05, 0) is 51.3 Å². The zero-order valence-corrected chi connectivity index (χ0v) is 13.2. The molecule has 1 aromatic carbocycles. The van der Waals surface area contributed by atoms with E-state index < -0.39 is 0 Å². The number of carbonyl (C=O) groups excluding carboxylic acids is 1. The molecule has 1 N–H and O–H groups in total. The number of hydrogen-bond acceptors (Lipinski definition) is 3. The molecule has 0 bridgehead atoms. The Labute approximate surface area is 122 Å². The zero-order valence-electron chi connectivity index (χ0n) is 13.2. The first-order valence-corrected chi connectivity index (χ1v) is 7.56. The molecule has 0 aliphatic rings. The fraction of sp³-hybridized carbons (Fsp3) is 0.588. The SMILES string of the molecule is CCOC(=O)CCCNC(C)c1ccc(C)cc1CC. The lowest BCUT2D eigenvalue weighted by Gasteiger charge is -2.18. The Balaban J connectivity index is 2.43. The van der Waals surface area contributed by atoms with Gasteiger partial charge in [-0.3, -0.25) is 4.79 Å². The lowest BCUT2D eigenvalue weighted by molar-refractivity contribution is -0.143. The van der Waals surface area contributed by atoms with Gasteiger partial charge in [-0.15, -0.1) is 0 Å². The molecular formula is C17H27NO2. The fourth-order valence-electron chi connectivity index (χ4n) is 2.36. The van der Waals surface area contributed by atoms with Gasteiger partial charge in [0.15, 0.2) is 0 Å². The predicted molar refractivity (Wildman–Crippen MR) is 82.8 cm³/mol. The highest BCUT2D eigenvalue weighted by molar-refractivity contribution is 5.69. The zero-order chi connectivity index (χ0) is 15.0. The van der Waals surface area contributed by atoms with Gasteiger partial charge in [-0.1, -0.05) is 30.7 Å². The highest BCUT2D eigenvalue weighted by atomic mass is 16.5. The van der Waals surface area contributed by atoms with Crippen LogP contribution in [0.5, 0.6) is 0 Å². The summed E-state index contributed by atoms with van der Waals surface area (Å²) in [6.45, 7) is 9.62. The van der Waals surface area contributed by atoms with Gasteiger partial charge in [0, 0.05) is 12.5 Å². The number of aryl methyl sites for hydroxylation is 2. The Morgan fingerprint density at radius 2 is 2.10 bits per heavy atom. The van der Waals surface area contributed by atoms with Crippen molar-refractivity contribution in [2.75, 3.05) is 13.2 Å². The van der Waals surface area contributed by atoms with E-state index in [-0.39, 0.29) is 5.97 Å². The second-order valence-electron chi connectivity index (χ2n) is 5.14. The smallest absolute Gasteiger partial charge is 0.305 e. The molecule has 0 fully saturated rings. The molecule has 3 nitrogen and oxygen atoms in total. The van der Waals surface area contributed by atoms with Crippen LogP contribution in [0.3, 0.4) is 0 Å². The van der Waals surface area contributed by atoms with Crippen molar-refractivity contribution in [2.24, 2.45) is 0 Å². The van der Waals surface area contributed by atoms with Gasteiger partial charge >= 0.3 is 5.97 Å². The summed E-state index contributed by atoms with van der Waals surface area (Å²) in [6, 6.07) is 6.93. The minimum Gasteiger partial charge on any atom is -0.466 e. The van der Waals surface area contributed by atoms with Gasteiger partial charge in [0.25, 0.3) is 0 Å². The van der Waals surface area contributed by atoms with Crippen LogP contribution in [0.15, 0.2) is 18.2 Å². The van der Waals surface area contributed by atoms with Crippen LogP contribution in [-0.4, -0.2) is 19.1 Å². The van der Waals surface area contributed by atoms with Crippen LogP contribution in [0.25, 0.3) is 0 Å². The predicted octanol–water partition coefficient (Wildman–Crippen LogP) is 3.55. The third-order valence-electron chi connectivity index (χ3n) is 3.46. The highest BCUT2D eigenvalue weighted by Gasteiger charge is 2.09. The van der Waals surface area contributed by atoms with E-state index in [1.807, 2.05) is 6.92 Å². The van der Waals surface area contributed by atoms with Crippen molar-refractivity contribution in [1.29, 1.82) is 0 Å². The summed E-state index contributed by atoms with van der Waals surface area (Å²) < 4.78 is 4.92. The number of carbonyl (C=O) groups is 1. The number of hydrogen-bond donors (Lipinski definition) is 1. The highest BCUT2D eigenvalue weighted by Crippen LogP contribution is 2.20. The number of benzene rings is 1. The van der Waals surface area contributed by atoms with Crippen LogP contribution in [-0.2, 0) is 16.0 Å². The van der Waals surface area contributed by atoms with Crippen LogP contribution < -0.4 is 5.32 Å². The third-order valence-corrected chi connectivity index (χ3v) is 3.46. The molecule has 1 unspecified atom stereocenters. The second kappa shape index (κ2) is 8.75. The summed E-state index contributed by atoms with van der Waals surface area (Å²) in [5, 5.41) is 3.48. The van der Waals surface area contributed by atoms with Crippen molar-refractivity contribution < 1.29 is 9.53 Å². The molecule has 0 aromatic heterocycles. The van der Waals surface area contributed by atoms with Crippen molar-refractivity contribution in [3.8, 4) is 0 Å². The van der Waals surface area contributed by atoms with Crippen LogP contribution in [0.1, 0.15) is 56.3 Å². The molecule has 0 radical (unpaired) electrons. The molecule has 3 heteroatoms. The van der Waals surface area contributed by atoms with Crippen molar-refractivity contribution in [3.05, 3.63) is 34.9 Å². The van der Waals surface area contributed by atoms with Gasteiger partial charge in [0.2, 0.25) is 0 Å². The Morgan fingerprint density at radius 3 is 2.75 bits per heavy atom. The number of ether oxygens (including phenoxy) is 1. The molecule has 0 aliphatic carbocycles. The van der Waals surface area contributed by atoms with Crippen LogP contribution in [0.2, 0.25) is 0 Å². The van der Waals surface area contributed by atoms with E-state index in [1.165, 1.54) is 16.7 Å². The Hall–Kier alpha value is -1.35. The first-order chi connectivity index (χ1) is 9.58. The normalized spacial score (nSPS) is 12.2. The molecule has 0 amide bonds. The average molecular weight is 277 g/mol. The molecule has 0 aliphatic heterocycles. The van der Waals surface area contributed by atoms with Crippen LogP contribution in [0, 0.1) is 6.92 Å². The van der Waals surface area contributed by atoms with E-state index in [9.17, 15) is 4.79 Å². The van der Waals surface area contributed by atoms with Gasteiger partial charge in [-0.25, -0.2) is 0 Å². The third kappa shape index (κ3) is 5.33. The van der Waals surface area contributed by atoms with Crippen molar-refractivity contribution >= 4 is 5.97 Å². The summed E-state index contributed by atoms with van der Waals surface area (Å²) in [6.07, 6.45) is 2.35. The average Bonchev–Trinajstić information content (AvgIpc) is 2.43. The molecule has 20 heavy (non-hydrogen) atoms.